The number of fused-ring (bicyclic) bond motifs is 2. The van der Waals surface area contributed by atoms with E-state index in [1.165, 1.54) is 21.9 Å². The first-order chi connectivity index (χ1) is 6.83. The summed E-state index contributed by atoms with van der Waals surface area (Å²) in [7, 11) is 0. The van der Waals surface area contributed by atoms with Crippen LogP contribution in [-0.4, -0.2) is 4.98 Å². The van der Waals surface area contributed by atoms with Crippen LogP contribution in [0.4, 0.5) is 0 Å². The maximum absolute atomic E-state index is 7.74. The summed E-state index contributed by atoms with van der Waals surface area (Å²) in [4.78, 5) is 4.11. The summed E-state index contributed by atoms with van der Waals surface area (Å²) in [5.74, 6) is 0. The van der Waals surface area contributed by atoms with Gasteiger partial charge in [0.05, 0.1) is 0 Å². The van der Waals surface area contributed by atoms with Crippen molar-refractivity contribution in [3.05, 3.63) is 41.7 Å². The number of aryl methyl sites for hydroxylation is 2. The smallest absolute Gasteiger partial charge is 0.0346 e. The topological polar surface area (TPSA) is 12.9 Å². The molecule has 0 N–H and O–H groups in total. The largest absolute Gasteiger partial charge is 0.264 e. The van der Waals surface area contributed by atoms with E-state index < -0.39 is 0 Å². The van der Waals surface area contributed by atoms with Crippen LogP contribution < -0.4 is 0 Å². The number of hydrogen-bond donors (Lipinski definition) is 0. The first-order valence-electron chi connectivity index (χ1n) is 5.18. The summed E-state index contributed by atoms with van der Waals surface area (Å²) in [6.45, 7) is 0. The van der Waals surface area contributed by atoms with E-state index in [4.69, 9.17) is 1.37 Å². The molecule has 1 heteroatoms. The minimum absolute atomic E-state index is 0.0646. The molecule has 0 amide bonds. The Bertz CT molecular complexity index is 448. The molecule has 0 radical (unpaired) electrons. The van der Waals surface area contributed by atoms with Gasteiger partial charge in [-0.05, 0) is 47.9 Å². The molecule has 1 aliphatic carbocycles. The summed E-state index contributed by atoms with van der Waals surface area (Å²) < 4.78 is 7.74. The van der Waals surface area contributed by atoms with Crippen LogP contribution in [0.25, 0.3) is 10.8 Å². The number of pyridine rings is 1. The molecule has 0 aliphatic heterocycles. The van der Waals surface area contributed by atoms with Gasteiger partial charge in [0.25, 0.3) is 0 Å². The lowest BCUT2D eigenvalue weighted by atomic mass is 10.1. The maximum atomic E-state index is 7.74. The monoisotopic (exact) mass is 170 g/mol. The van der Waals surface area contributed by atoms with Gasteiger partial charge in [-0.3, -0.25) is 4.98 Å². The molecule has 3 rings (SSSR count). The highest BCUT2D eigenvalue weighted by Gasteiger charge is 2.10. The fraction of sp³-hybridized carbons (Fsp3) is 0.250. The van der Waals surface area contributed by atoms with Gasteiger partial charge in [-0.1, -0.05) is 6.07 Å². The zero-order valence-corrected chi connectivity index (χ0v) is 7.33. The van der Waals surface area contributed by atoms with Gasteiger partial charge in [0, 0.05) is 19.2 Å². The second kappa shape index (κ2) is 2.56. The first kappa shape index (κ1) is 6.14. The molecule has 0 bridgehead atoms. The second-order valence-corrected chi connectivity index (χ2v) is 3.54. The molecule has 0 saturated heterocycles. The van der Waals surface area contributed by atoms with Crippen molar-refractivity contribution in [1.82, 2.24) is 4.98 Å². The van der Waals surface area contributed by atoms with Crippen LogP contribution in [-0.2, 0) is 12.8 Å². The number of aromatic nitrogens is 1. The molecule has 1 atom stereocenters. The van der Waals surface area contributed by atoms with Crippen LogP contribution in [0.5, 0.6) is 0 Å². The molecular formula is C12H11N. The van der Waals surface area contributed by atoms with Gasteiger partial charge in [0.15, 0.2) is 0 Å². The lowest BCUT2D eigenvalue weighted by molar-refractivity contribution is 0.912. The van der Waals surface area contributed by atoms with Gasteiger partial charge in [-0.15, -0.1) is 0 Å². The van der Waals surface area contributed by atoms with Crippen LogP contribution in [0.1, 0.15) is 18.9 Å². The molecule has 0 saturated carbocycles. The zero-order valence-electron chi connectivity index (χ0n) is 8.33. The minimum atomic E-state index is 0.0646. The summed E-state index contributed by atoms with van der Waals surface area (Å²) in [6.07, 6.45) is 5.59. The molecule has 1 heterocycles. The molecule has 2 aromatic rings. The molecule has 0 spiro atoms. The Morgan fingerprint density at radius 3 is 2.77 bits per heavy atom. The van der Waals surface area contributed by atoms with Crippen molar-refractivity contribution in [1.29, 1.82) is 0 Å². The quantitative estimate of drug-likeness (QED) is 0.592. The predicted molar refractivity (Wildman–Crippen MR) is 53.8 cm³/mol. The average molecular weight is 170 g/mol. The Balaban J connectivity index is 2.27. The van der Waals surface area contributed by atoms with E-state index in [9.17, 15) is 0 Å². The van der Waals surface area contributed by atoms with Crippen molar-refractivity contribution in [2.75, 3.05) is 0 Å². The van der Waals surface area contributed by atoms with Gasteiger partial charge < -0.3 is 0 Å². The Morgan fingerprint density at radius 1 is 1.15 bits per heavy atom. The summed E-state index contributed by atoms with van der Waals surface area (Å²) >= 11 is 0. The third kappa shape index (κ3) is 1.04. The van der Waals surface area contributed by atoms with Crippen LogP contribution in [0, 0.1) is 0 Å². The summed E-state index contributed by atoms with van der Waals surface area (Å²) in [5, 5.41) is 2.44. The molecular weight excluding hydrogens is 158 g/mol. The molecule has 1 aromatic heterocycles. The zero-order chi connectivity index (χ0) is 9.54. The number of rotatable bonds is 0. The molecule has 1 aromatic carbocycles. The normalized spacial score (nSPS) is 21.5. The Hall–Kier alpha value is -1.37. The van der Waals surface area contributed by atoms with Crippen molar-refractivity contribution in [3.8, 4) is 0 Å². The van der Waals surface area contributed by atoms with Gasteiger partial charge in [-0.2, -0.15) is 0 Å². The van der Waals surface area contributed by atoms with Gasteiger partial charge in [0.2, 0.25) is 0 Å². The van der Waals surface area contributed by atoms with Crippen LogP contribution in [0.2, 0.25) is 0 Å². The minimum Gasteiger partial charge on any atom is -0.264 e. The van der Waals surface area contributed by atoms with Crippen LogP contribution in [0.15, 0.2) is 30.6 Å². The molecule has 0 fully saturated rings. The van der Waals surface area contributed by atoms with Crippen molar-refractivity contribution < 1.29 is 1.37 Å². The maximum Gasteiger partial charge on any atom is 0.0346 e. The van der Waals surface area contributed by atoms with E-state index in [2.05, 4.69) is 17.1 Å². The third-order valence-electron chi connectivity index (χ3n) is 2.69. The van der Waals surface area contributed by atoms with E-state index >= 15 is 0 Å². The van der Waals surface area contributed by atoms with Crippen molar-refractivity contribution in [3.63, 3.8) is 0 Å². The third-order valence-corrected chi connectivity index (χ3v) is 2.69. The highest BCUT2D eigenvalue weighted by molar-refractivity contribution is 5.83. The van der Waals surface area contributed by atoms with Gasteiger partial charge in [-0.25, -0.2) is 0 Å². The average Bonchev–Trinajstić information content (AvgIpc) is 2.53. The summed E-state index contributed by atoms with van der Waals surface area (Å²) in [6, 6.07) is 6.43. The molecule has 64 valence electrons. The Labute approximate surface area is 78.8 Å². The lowest BCUT2D eigenvalue weighted by Gasteiger charge is -2.01. The van der Waals surface area contributed by atoms with Crippen molar-refractivity contribution >= 4 is 10.8 Å². The second-order valence-electron chi connectivity index (χ2n) is 3.54. The van der Waals surface area contributed by atoms with Gasteiger partial charge in [0.1, 0.15) is 0 Å². The molecule has 1 unspecified atom stereocenters. The van der Waals surface area contributed by atoms with Crippen molar-refractivity contribution in [2.24, 2.45) is 0 Å². The van der Waals surface area contributed by atoms with E-state index in [-0.39, 0.29) is 6.40 Å². The lowest BCUT2D eigenvalue weighted by Crippen LogP contribution is -1.83. The predicted octanol–water partition coefficient (Wildman–Crippen LogP) is 2.72. The van der Waals surface area contributed by atoms with E-state index in [1.54, 1.807) is 0 Å². The van der Waals surface area contributed by atoms with E-state index in [0.717, 1.165) is 12.8 Å². The highest BCUT2D eigenvalue weighted by Crippen LogP contribution is 2.26. The summed E-state index contributed by atoms with van der Waals surface area (Å²) in [5.41, 5.74) is 2.69. The molecule has 13 heavy (non-hydrogen) atoms. The SMILES string of the molecule is [2H]C1Cc2cc3ccncc3cc2C1. The molecule has 1 aliphatic rings. The Morgan fingerprint density at radius 2 is 1.92 bits per heavy atom. The fourth-order valence-electron chi connectivity index (χ4n) is 1.99. The number of hydrogen-bond acceptors (Lipinski definition) is 1. The fourth-order valence-corrected chi connectivity index (χ4v) is 1.99. The Kier molecular flexibility index (Phi) is 1.21. The number of benzene rings is 1. The van der Waals surface area contributed by atoms with E-state index in [0.29, 0.717) is 0 Å². The molecule has 1 nitrogen and oxygen atoms in total. The van der Waals surface area contributed by atoms with E-state index in [1.807, 2.05) is 18.5 Å². The van der Waals surface area contributed by atoms with Gasteiger partial charge >= 0.3 is 0 Å². The van der Waals surface area contributed by atoms with Crippen molar-refractivity contribution in [2.45, 2.75) is 19.2 Å². The first-order valence-corrected chi connectivity index (χ1v) is 4.61. The number of nitrogens with zero attached hydrogens (tertiary/aromatic N) is 1. The standard InChI is InChI=1S/C12H11N/c1-2-9-6-11-4-5-13-8-12(11)7-10(9)3-1/h4-8H,1-3H2/i1D. The van der Waals surface area contributed by atoms with Crippen LogP contribution in [0.3, 0.4) is 0 Å². The van der Waals surface area contributed by atoms with Crippen LogP contribution >= 0.6 is 0 Å². The highest BCUT2D eigenvalue weighted by atomic mass is 14.6.